The van der Waals surface area contributed by atoms with E-state index in [-0.39, 0.29) is 6.42 Å². The number of aryl methyl sites for hydroxylation is 1. The lowest BCUT2D eigenvalue weighted by Gasteiger charge is -2.23. The van der Waals surface area contributed by atoms with Gasteiger partial charge in [-0.25, -0.2) is 4.98 Å². The Hall–Kier alpha value is -1.78. The fourth-order valence-corrected chi connectivity index (χ4v) is 1.61. The number of carboxylic acid groups (broad SMARTS) is 1. The average Bonchev–Trinajstić information content (AvgIpc) is 2.28. The SMILES string of the molecule is CCCN(CCC(=O)O)c1cnc(N)c(C)c1. The minimum Gasteiger partial charge on any atom is -0.481 e. The number of aliphatic carboxylic acids is 1. The molecule has 0 aliphatic heterocycles. The molecular formula is C12H19N3O2. The topological polar surface area (TPSA) is 79.5 Å². The third kappa shape index (κ3) is 3.94. The summed E-state index contributed by atoms with van der Waals surface area (Å²) in [5.74, 6) is -0.269. The molecule has 0 spiro atoms. The van der Waals surface area contributed by atoms with Gasteiger partial charge in [0.25, 0.3) is 0 Å². The van der Waals surface area contributed by atoms with Crippen LogP contribution in [-0.4, -0.2) is 29.1 Å². The van der Waals surface area contributed by atoms with Crippen LogP contribution in [0.5, 0.6) is 0 Å². The lowest BCUT2D eigenvalue weighted by molar-refractivity contribution is -0.136. The number of nitrogens with zero attached hydrogens (tertiary/aromatic N) is 2. The second-order valence-corrected chi connectivity index (χ2v) is 4.03. The highest BCUT2D eigenvalue weighted by molar-refractivity contribution is 5.67. The molecule has 0 fully saturated rings. The Kier molecular flexibility index (Phi) is 4.75. The number of pyridine rings is 1. The molecule has 0 amide bonds. The van der Waals surface area contributed by atoms with Crippen LogP contribution >= 0.6 is 0 Å². The molecule has 5 heteroatoms. The molecule has 1 aromatic rings. The molecule has 0 atom stereocenters. The van der Waals surface area contributed by atoms with Crippen molar-refractivity contribution in [3.63, 3.8) is 0 Å². The lowest BCUT2D eigenvalue weighted by atomic mass is 10.2. The van der Waals surface area contributed by atoms with Crippen LogP contribution in [0.25, 0.3) is 0 Å². The molecule has 17 heavy (non-hydrogen) atoms. The highest BCUT2D eigenvalue weighted by atomic mass is 16.4. The molecule has 0 aliphatic carbocycles. The molecule has 3 N–H and O–H groups in total. The van der Waals surface area contributed by atoms with Gasteiger partial charge in [-0.1, -0.05) is 6.92 Å². The molecular weight excluding hydrogens is 218 g/mol. The first-order chi connectivity index (χ1) is 8.04. The first-order valence-corrected chi connectivity index (χ1v) is 5.73. The molecule has 0 aromatic carbocycles. The van der Waals surface area contributed by atoms with Gasteiger partial charge in [0.15, 0.2) is 0 Å². The van der Waals surface area contributed by atoms with Gasteiger partial charge in [-0.2, -0.15) is 0 Å². The number of nitrogen functional groups attached to an aromatic ring is 1. The fourth-order valence-electron chi connectivity index (χ4n) is 1.61. The van der Waals surface area contributed by atoms with Crippen LogP contribution in [-0.2, 0) is 4.79 Å². The second-order valence-electron chi connectivity index (χ2n) is 4.03. The Morgan fingerprint density at radius 1 is 1.53 bits per heavy atom. The standard InChI is InChI=1S/C12H19N3O2/c1-3-5-15(6-4-11(16)17)10-7-9(2)12(13)14-8-10/h7-8H,3-6H2,1-2H3,(H2,13,14)(H,16,17). The molecule has 1 rings (SSSR count). The van der Waals surface area contributed by atoms with Crippen molar-refractivity contribution in [1.82, 2.24) is 4.98 Å². The summed E-state index contributed by atoms with van der Waals surface area (Å²) < 4.78 is 0. The van der Waals surface area contributed by atoms with Crippen LogP contribution < -0.4 is 10.6 Å². The summed E-state index contributed by atoms with van der Waals surface area (Å²) >= 11 is 0. The van der Waals surface area contributed by atoms with Crippen molar-refractivity contribution >= 4 is 17.5 Å². The second kappa shape index (κ2) is 6.08. The number of carbonyl (C=O) groups is 1. The molecule has 0 saturated heterocycles. The lowest BCUT2D eigenvalue weighted by Crippen LogP contribution is -2.27. The predicted molar refractivity (Wildman–Crippen MR) is 68.1 cm³/mol. The van der Waals surface area contributed by atoms with Crippen LogP contribution in [0.15, 0.2) is 12.3 Å². The quantitative estimate of drug-likeness (QED) is 0.786. The van der Waals surface area contributed by atoms with Crippen LogP contribution in [0.1, 0.15) is 25.3 Å². The molecule has 1 aromatic heterocycles. The largest absolute Gasteiger partial charge is 0.481 e. The molecule has 0 radical (unpaired) electrons. The van der Waals surface area contributed by atoms with Gasteiger partial charge in [0, 0.05) is 13.1 Å². The smallest absolute Gasteiger partial charge is 0.305 e. The first kappa shape index (κ1) is 13.3. The average molecular weight is 237 g/mol. The summed E-state index contributed by atoms with van der Waals surface area (Å²) in [7, 11) is 0. The van der Waals surface area contributed by atoms with E-state index in [9.17, 15) is 4.79 Å². The van der Waals surface area contributed by atoms with E-state index < -0.39 is 5.97 Å². The van der Waals surface area contributed by atoms with E-state index in [1.54, 1.807) is 6.20 Å². The van der Waals surface area contributed by atoms with E-state index in [2.05, 4.69) is 11.9 Å². The number of anilines is 2. The van der Waals surface area contributed by atoms with Crippen LogP contribution in [0.3, 0.4) is 0 Å². The third-order valence-electron chi connectivity index (χ3n) is 2.56. The highest BCUT2D eigenvalue weighted by Gasteiger charge is 2.09. The number of rotatable bonds is 6. The van der Waals surface area contributed by atoms with Crippen molar-refractivity contribution in [3.05, 3.63) is 17.8 Å². The van der Waals surface area contributed by atoms with E-state index >= 15 is 0 Å². The summed E-state index contributed by atoms with van der Waals surface area (Å²) in [6, 6.07) is 1.94. The zero-order valence-corrected chi connectivity index (χ0v) is 10.3. The van der Waals surface area contributed by atoms with Crippen molar-refractivity contribution in [2.45, 2.75) is 26.7 Å². The summed E-state index contributed by atoms with van der Waals surface area (Å²) in [5.41, 5.74) is 7.51. The van der Waals surface area contributed by atoms with Crippen molar-refractivity contribution in [2.24, 2.45) is 0 Å². The van der Waals surface area contributed by atoms with Gasteiger partial charge < -0.3 is 15.7 Å². The molecule has 94 valence electrons. The Bertz CT molecular complexity index is 393. The van der Waals surface area contributed by atoms with Crippen LogP contribution in [0, 0.1) is 6.92 Å². The summed E-state index contributed by atoms with van der Waals surface area (Å²) in [4.78, 5) is 16.7. The number of carboxylic acids is 1. The zero-order valence-electron chi connectivity index (χ0n) is 10.3. The number of hydrogen-bond donors (Lipinski definition) is 2. The van der Waals surface area contributed by atoms with E-state index in [0.29, 0.717) is 12.4 Å². The fraction of sp³-hybridized carbons (Fsp3) is 0.500. The maximum atomic E-state index is 10.6. The Morgan fingerprint density at radius 2 is 2.24 bits per heavy atom. The summed E-state index contributed by atoms with van der Waals surface area (Å²) in [6.45, 7) is 5.27. The first-order valence-electron chi connectivity index (χ1n) is 5.73. The predicted octanol–water partition coefficient (Wildman–Crippen LogP) is 1.66. The van der Waals surface area contributed by atoms with Crippen molar-refractivity contribution < 1.29 is 9.90 Å². The van der Waals surface area contributed by atoms with Gasteiger partial charge in [0.05, 0.1) is 18.3 Å². The minimum absolute atomic E-state index is 0.128. The van der Waals surface area contributed by atoms with Gasteiger partial charge in [-0.3, -0.25) is 4.79 Å². The van der Waals surface area contributed by atoms with Gasteiger partial charge in [-0.05, 0) is 25.0 Å². The van der Waals surface area contributed by atoms with Crippen LogP contribution in [0.2, 0.25) is 0 Å². The third-order valence-corrected chi connectivity index (χ3v) is 2.56. The Morgan fingerprint density at radius 3 is 2.76 bits per heavy atom. The Balaban J connectivity index is 2.81. The highest BCUT2D eigenvalue weighted by Crippen LogP contribution is 2.18. The molecule has 0 saturated carbocycles. The molecule has 1 heterocycles. The Labute approximate surface area is 101 Å². The van der Waals surface area contributed by atoms with E-state index in [1.165, 1.54) is 0 Å². The minimum atomic E-state index is -0.786. The number of nitrogens with two attached hydrogens (primary N) is 1. The number of aromatic nitrogens is 1. The molecule has 0 unspecified atom stereocenters. The van der Waals surface area contributed by atoms with Gasteiger partial charge in [-0.15, -0.1) is 0 Å². The van der Waals surface area contributed by atoms with Crippen molar-refractivity contribution in [3.8, 4) is 0 Å². The molecule has 0 bridgehead atoms. The van der Waals surface area contributed by atoms with Crippen molar-refractivity contribution in [2.75, 3.05) is 23.7 Å². The maximum Gasteiger partial charge on any atom is 0.305 e. The maximum absolute atomic E-state index is 10.6. The van der Waals surface area contributed by atoms with Crippen LogP contribution in [0.4, 0.5) is 11.5 Å². The van der Waals surface area contributed by atoms with E-state index in [4.69, 9.17) is 10.8 Å². The zero-order chi connectivity index (χ0) is 12.8. The molecule has 0 aliphatic rings. The normalized spacial score (nSPS) is 10.2. The van der Waals surface area contributed by atoms with Gasteiger partial charge in [0.2, 0.25) is 0 Å². The van der Waals surface area contributed by atoms with Gasteiger partial charge >= 0.3 is 5.97 Å². The number of hydrogen-bond acceptors (Lipinski definition) is 4. The van der Waals surface area contributed by atoms with Gasteiger partial charge in [0.1, 0.15) is 5.82 Å². The van der Waals surface area contributed by atoms with E-state index in [1.807, 2.05) is 17.9 Å². The summed E-state index contributed by atoms with van der Waals surface area (Å²) in [5, 5.41) is 8.71. The van der Waals surface area contributed by atoms with Crippen molar-refractivity contribution in [1.29, 1.82) is 0 Å². The summed E-state index contributed by atoms with van der Waals surface area (Å²) in [6.07, 6.45) is 2.78. The monoisotopic (exact) mass is 237 g/mol. The van der Waals surface area contributed by atoms with E-state index in [0.717, 1.165) is 24.2 Å². The molecule has 5 nitrogen and oxygen atoms in total.